The lowest BCUT2D eigenvalue weighted by molar-refractivity contribution is 0.103. The molecule has 0 N–H and O–H groups in total. The molecule has 1 aromatic carbocycles. The Hall–Kier alpha value is -1.94. The highest BCUT2D eigenvalue weighted by Gasteiger charge is 2.13. The molecule has 0 aliphatic rings. The van der Waals surface area contributed by atoms with Crippen molar-refractivity contribution in [2.24, 2.45) is 0 Å². The van der Waals surface area contributed by atoms with E-state index in [1.807, 2.05) is 36.5 Å². The number of hydrogen-bond acceptors (Lipinski definition) is 2. The first kappa shape index (κ1) is 11.2. The molecule has 0 saturated heterocycles. The predicted octanol–water partition coefficient (Wildman–Crippen LogP) is 3.33. The summed E-state index contributed by atoms with van der Waals surface area (Å²) in [4.78, 5) is 16.6. The van der Waals surface area contributed by atoms with Crippen molar-refractivity contribution in [3.8, 4) is 0 Å². The van der Waals surface area contributed by atoms with Crippen molar-refractivity contribution in [2.75, 3.05) is 0 Å². The Balaban J connectivity index is 2.15. The van der Waals surface area contributed by atoms with Gasteiger partial charge in [0.05, 0.1) is 6.20 Å². The van der Waals surface area contributed by atoms with Gasteiger partial charge in [0.25, 0.3) is 0 Å². The molecule has 18 heavy (non-hydrogen) atoms. The van der Waals surface area contributed by atoms with Crippen molar-refractivity contribution in [3.63, 3.8) is 0 Å². The SMILES string of the molecule is O=C(c1ccccc1)c1cnc2ccc(Br)cn12. The average Bonchev–Trinajstić information content (AvgIpc) is 2.82. The molecule has 2 heterocycles. The van der Waals surface area contributed by atoms with Crippen molar-refractivity contribution >= 4 is 27.4 Å². The van der Waals surface area contributed by atoms with Crippen LogP contribution in [-0.2, 0) is 0 Å². The zero-order valence-corrected chi connectivity index (χ0v) is 11.0. The predicted molar refractivity (Wildman–Crippen MR) is 72.8 cm³/mol. The Morgan fingerprint density at radius 1 is 1.11 bits per heavy atom. The molecule has 0 amide bonds. The molecule has 0 saturated carbocycles. The number of ketones is 1. The first-order chi connectivity index (χ1) is 8.75. The van der Waals surface area contributed by atoms with Gasteiger partial charge in [-0.1, -0.05) is 30.3 Å². The third-order valence-corrected chi connectivity index (χ3v) is 3.21. The summed E-state index contributed by atoms with van der Waals surface area (Å²) in [6.45, 7) is 0. The normalized spacial score (nSPS) is 10.7. The van der Waals surface area contributed by atoms with Crippen LogP contribution in [0.25, 0.3) is 5.65 Å². The molecule has 4 heteroatoms. The van der Waals surface area contributed by atoms with Crippen LogP contribution < -0.4 is 0 Å². The van der Waals surface area contributed by atoms with Gasteiger partial charge in [-0.25, -0.2) is 4.98 Å². The van der Waals surface area contributed by atoms with Crippen LogP contribution in [0.15, 0.2) is 59.3 Å². The number of nitrogens with zero attached hydrogens (tertiary/aromatic N) is 2. The van der Waals surface area contributed by atoms with Gasteiger partial charge in [-0.2, -0.15) is 0 Å². The van der Waals surface area contributed by atoms with Crippen LogP contribution in [0.3, 0.4) is 0 Å². The molecule has 3 nitrogen and oxygen atoms in total. The standard InChI is InChI=1S/C14H9BrN2O/c15-11-6-7-13-16-8-12(17(13)9-11)14(18)10-4-2-1-3-5-10/h1-9H. The first-order valence-corrected chi connectivity index (χ1v) is 6.27. The molecule has 0 aliphatic carbocycles. The van der Waals surface area contributed by atoms with E-state index in [1.54, 1.807) is 22.7 Å². The largest absolute Gasteiger partial charge is 0.296 e. The fourth-order valence-corrected chi connectivity index (χ4v) is 2.20. The number of hydrogen-bond donors (Lipinski definition) is 0. The zero-order chi connectivity index (χ0) is 12.5. The van der Waals surface area contributed by atoms with Crippen LogP contribution in [0.5, 0.6) is 0 Å². The second-order valence-corrected chi connectivity index (χ2v) is 4.83. The van der Waals surface area contributed by atoms with Gasteiger partial charge in [-0.3, -0.25) is 9.20 Å². The quantitative estimate of drug-likeness (QED) is 0.680. The minimum Gasteiger partial charge on any atom is -0.296 e. The number of carbonyl (C=O) groups is 1. The van der Waals surface area contributed by atoms with E-state index in [9.17, 15) is 4.79 Å². The summed E-state index contributed by atoms with van der Waals surface area (Å²) in [5, 5.41) is 0. The third-order valence-electron chi connectivity index (χ3n) is 2.74. The molecule has 88 valence electrons. The lowest BCUT2D eigenvalue weighted by Crippen LogP contribution is -2.04. The second-order valence-electron chi connectivity index (χ2n) is 3.91. The molecule has 0 atom stereocenters. The van der Waals surface area contributed by atoms with Gasteiger partial charge in [0.1, 0.15) is 11.3 Å². The maximum absolute atomic E-state index is 12.4. The number of aromatic nitrogens is 2. The third kappa shape index (κ3) is 1.84. The van der Waals surface area contributed by atoms with Gasteiger partial charge in [0.2, 0.25) is 5.78 Å². The van der Waals surface area contributed by atoms with Crippen LogP contribution in [0.4, 0.5) is 0 Å². The number of rotatable bonds is 2. The molecular formula is C14H9BrN2O. The van der Waals surface area contributed by atoms with E-state index in [4.69, 9.17) is 0 Å². The van der Waals surface area contributed by atoms with E-state index in [0.29, 0.717) is 11.3 Å². The summed E-state index contributed by atoms with van der Waals surface area (Å²) in [5.41, 5.74) is 1.99. The van der Waals surface area contributed by atoms with Crippen LogP contribution in [0, 0.1) is 0 Å². The van der Waals surface area contributed by atoms with Crippen LogP contribution >= 0.6 is 15.9 Å². The number of carbonyl (C=O) groups excluding carboxylic acids is 1. The molecule has 3 aromatic rings. The minimum absolute atomic E-state index is 0.0267. The summed E-state index contributed by atoms with van der Waals surface area (Å²) < 4.78 is 2.70. The molecule has 0 fully saturated rings. The lowest BCUT2D eigenvalue weighted by Gasteiger charge is -2.01. The molecule has 0 bridgehead atoms. The topological polar surface area (TPSA) is 34.4 Å². The zero-order valence-electron chi connectivity index (χ0n) is 9.38. The Labute approximate surface area is 112 Å². The fourth-order valence-electron chi connectivity index (χ4n) is 1.86. The van der Waals surface area contributed by atoms with Crippen molar-refractivity contribution in [1.82, 2.24) is 9.38 Å². The summed E-state index contributed by atoms with van der Waals surface area (Å²) in [7, 11) is 0. The van der Waals surface area contributed by atoms with E-state index in [-0.39, 0.29) is 5.78 Å². The van der Waals surface area contributed by atoms with Crippen molar-refractivity contribution in [2.45, 2.75) is 0 Å². The smallest absolute Gasteiger partial charge is 0.211 e. The molecule has 0 spiro atoms. The Morgan fingerprint density at radius 3 is 2.67 bits per heavy atom. The van der Waals surface area contributed by atoms with Crippen LogP contribution in [0.2, 0.25) is 0 Å². The summed E-state index contributed by atoms with van der Waals surface area (Å²) in [6.07, 6.45) is 3.45. The molecule has 0 unspecified atom stereocenters. The molecule has 3 rings (SSSR count). The summed E-state index contributed by atoms with van der Waals surface area (Å²) in [5.74, 6) is -0.0267. The van der Waals surface area contributed by atoms with E-state index in [2.05, 4.69) is 20.9 Å². The molecule has 2 aromatic heterocycles. The van der Waals surface area contributed by atoms with Crippen molar-refractivity contribution in [1.29, 1.82) is 0 Å². The highest BCUT2D eigenvalue weighted by atomic mass is 79.9. The Bertz CT molecular complexity index is 719. The fraction of sp³-hybridized carbons (Fsp3) is 0. The number of imidazole rings is 1. The lowest BCUT2D eigenvalue weighted by atomic mass is 10.1. The number of fused-ring (bicyclic) bond motifs is 1. The Kier molecular flexibility index (Phi) is 2.72. The number of halogens is 1. The highest BCUT2D eigenvalue weighted by molar-refractivity contribution is 9.10. The Morgan fingerprint density at radius 2 is 1.89 bits per heavy atom. The van der Waals surface area contributed by atoms with Gasteiger partial charge in [-0.05, 0) is 28.1 Å². The highest BCUT2D eigenvalue weighted by Crippen LogP contribution is 2.16. The van der Waals surface area contributed by atoms with Gasteiger partial charge in [0, 0.05) is 16.2 Å². The summed E-state index contributed by atoms with van der Waals surface area (Å²) >= 11 is 3.40. The average molecular weight is 301 g/mol. The number of pyridine rings is 1. The minimum atomic E-state index is -0.0267. The van der Waals surface area contributed by atoms with E-state index in [1.165, 1.54) is 0 Å². The maximum Gasteiger partial charge on any atom is 0.211 e. The van der Waals surface area contributed by atoms with Crippen LogP contribution in [-0.4, -0.2) is 15.2 Å². The summed E-state index contributed by atoms with van der Waals surface area (Å²) in [6, 6.07) is 13.0. The monoisotopic (exact) mass is 300 g/mol. The van der Waals surface area contributed by atoms with Gasteiger partial charge < -0.3 is 0 Å². The molecular weight excluding hydrogens is 292 g/mol. The molecule has 0 radical (unpaired) electrons. The van der Waals surface area contributed by atoms with Crippen LogP contribution in [0.1, 0.15) is 16.1 Å². The maximum atomic E-state index is 12.4. The van der Waals surface area contributed by atoms with E-state index in [0.717, 1.165) is 10.1 Å². The van der Waals surface area contributed by atoms with Gasteiger partial charge in [-0.15, -0.1) is 0 Å². The van der Waals surface area contributed by atoms with E-state index >= 15 is 0 Å². The van der Waals surface area contributed by atoms with Crippen molar-refractivity contribution < 1.29 is 4.79 Å². The second kappa shape index (κ2) is 4.38. The van der Waals surface area contributed by atoms with Crippen molar-refractivity contribution in [3.05, 3.63) is 70.6 Å². The van der Waals surface area contributed by atoms with E-state index < -0.39 is 0 Å². The first-order valence-electron chi connectivity index (χ1n) is 5.48. The van der Waals surface area contributed by atoms with Gasteiger partial charge in [0.15, 0.2) is 0 Å². The van der Waals surface area contributed by atoms with Gasteiger partial charge >= 0.3 is 0 Å². The molecule has 0 aliphatic heterocycles. The number of benzene rings is 1.